The van der Waals surface area contributed by atoms with Crippen molar-refractivity contribution in [1.82, 2.24) is 0 Å². The van der Waals surface area contributed by atoms with Crippen LogP contribution in [0.5, 0.6) is 11.5 Å². The van der Waals surface area contributed by atoms with Gasteiger partial charge in [0.25, 0.3) is 0 Å². The second kappa shape index (κ2) is 21.9. The fourth-order valence-corrected chi connectivity index (χ4v) is 2.21. The van der Waals surface area contributed by atoms with E-state index in [0.29, 0.717) is 92.5 Å². The number of benzene rings is 1. The molecule has 0 unspecified atom stereocenters. The zero-order valence-electron chi connectivity index (χ0n) is 18.6. The van der Waals surface area contributed by atoms with Crippen LogP contribution >= 0.6 is 0 Å². The maximum Gasteiger partial charge on any atom is 0.119 e. The predicted octanol–water partition coefficient (Wildman–Crippen LogP) is 1.81. The molecule has 0 saturated heterocycles. The monoisotopic (exact) mass is 450 g/mol. The van der Waals surface area contributed by atoms with Crippen LogP contribution in [0, 0.1) is 24.7 Å². The van der Waals surface area contributed by atoms with Crippen LogP contribution in [0.3, 0.4) is 0 Å². The molecule has 0 bridgehead atoms. The second-order valence-corrected chi connectivity index (χ2v) is 6.13. The van der Waals surface area contributed by atoms with Crippen molar-refractivity contribution >= 4 is 0 Å². The Bertz CT molecular complexity index is 565. The molecule has 0 N–H and O–H groups in total. The Morgan fingerprint density at radius 3 is 1.03 bits per heavy atom. The zero-order chi connectivity index (χ0) is 23.0. The van der Waals surface area contributed by atoms with E-state index >= 15 is 0 Å². The number of rotatable bonds is 22. The summed E-state index contributed by atoms with van der Waals surface area (Å²) in [7, 11) is 0. The fourth-order valence-electron chi connectivity index (χ4n) is 2.21. The molecule has 0 aliphatic heterocycles. The van der Waals surface area contributed by atoms with Gasteiger partial charge in [0, 0.05) is 0 Å². The molecule has 0 fully saturated rings. The summed E-state index contributed by atoms with van der Waals surface area (Å²) in [5.74, 6) is 6.29. The van der Waals surface area contributed by atoms with Crippen molar-refractivity contribution in [1.29, 1.82) is 0 Å². The fraction of sp³-hybridized carbons (Fsp3) is 0.583. The van der Waals surface area contributed by atoms with Gasteiger partial charge < -0.3 is 37.9 Å². The number of hydrogen-bond acceptors (Lipinski definition) is 8. The molecule has 0 aromatic heterocycles. The van der Waals surface area contributed by atoms with E-state index in [1.165, 1.54) is 0 Å². The van der Waals surface area contributed by atoms with E-state index in [1.807, 2.05) is 24.3 Å². The SMILES string of the molecule is C#CCOCCOCCOCCOc1ccc(OCCOCCOCCOCC#C)cc1. The third-order valence-electron chi connectivity index (χ3n) is 3.68. The first-order valence-electron chi connectivity index (χ1n) is 10.6. The maximum atomic E-state index is 5.63. The highest BCUT2D eigenvalue weighted by Crippen LogP contribution is 2.17. The Labute approximate surface area is 191 Å². The summed E-state index contributed by atoms with van der Waals surface area (Å²) in [5, 5.41) is 0. The Hall–Kier alpha value is -2.30. The van der Waals surface area contributed by atoms with Gasteiger partial charge in [-0.15, -0.1) is 12.8 Å². The molecule has 0 aliphatic carbocycles. The molecule has 178 valence electrons. The minimum absolute atomic E-state index is 0.306. The molecular formula is C24H34O8. The van der Waals surface area contributed by atoms with Crippen molar-refractivity contribution in [2.45, 2.75) is 0 Å². The van der Waals surface area contributed by atoms with Gasteiger partial charge in [0.05, 0.1) is 66.1 Å². The van der Waals surface area contributed by atoms with Gasteiger partial charge in [0.1, 0.15) is 37.9 Å². The molecule has 0 aliphatic rings. The molecule has 0 saturated carbocycles. The normalized spacial score (nSPS) is 10.4. The summed E-state index contributed by atoms with van der Waals surface area (Å²) in [5.41, 5.74) is 0. The van der Waals surface area contributed by atoms with E-state index in [4.69, 9.17) is 50.7 Å². The zero-order valence-corrected chi connectivity index (χ0v) is 18.6. The van der Waals surface area contributed by atoms with Gasteiger partial charge in [-0.1, -0.05) is 11.8 Å². The van der Waals surface area contributed by atoms with E-state index in [1.54, 1.807) is 0 Å². The predicted molar refractivity (Wildman–Crippen MR) is 120 cm³/mol. The summed E-state index contributed by atoms with van der Waals surface area (Å²) in [4.78, 5) is 0. The van der Waals surface area contributed by atoms with Crippen LogP contribution in [0.4, 0.5) is 0 Å². The first-order valence-corrected chi connectivity index (χ1v) is 10.6. The van der Waals surface area contributed by atoms with Crippen molar-refractivity contribution in [3.8, 4) is 36.2 Å². The quantitative estimate of drug-likeness (QED) is 0.196. The van der Waals surface area contributed by atoms with E-state index in [-0.39, 0.29) is 0 Å². The van der Waals surface area contributed by atoms with E-state index in [2.05, 4.69) is 11.8 Å². The van der Waals surface area contributed by atoms with E-state index in [9.17, 15) is 0 Å². The minimum atomic E-state index is 0.306. The molecular weight excluding hydrogens is 416 g/mol. The summed E-state index contributed by atoms with van der Waals surface area (Å²) >= 11 is 0. The van der Waals surface area contributed by atoms with Gasteiger partial charge in [0.15, 0.2) is 0 Å². The third-order valence-corrected chi connectivity index (χ3v) is 3.68. The Balaban J connectivity index is 1.90. The number of hydrogen-bond donors (Lipinski definition) is 0. The van der Waals surface area contributed by atoms with Gasteiger partial charge in [-0.2, -0.15) is 0 Å². The third kappa shape index (κ3) is 17.4. The van der Waals surface area contributed by atoms with Crippen molar-refractivity contribution in [3.05, 3.63) is 24.3 Å². The molecule has 1 aromatic carbocycles. The molecule has 0 radical (unpaired) electrons. The maximum absolute atomic E-state index is 5.63. The molecule has 0 amide bonds. The van der Waals surface area contributed by atoms with Crippen LogP contribution in [-0.2, 0) is 28.4 Å². The topological polar surface area (TPSA) is 73.8 Å². The van der Waals surface area contributed by atoms with Gasteiger partial charge in [-0.05, 0) is 24.3 Å². The lowest BCUT2D eigenvalue weighted by Gasteiger charge is -2.10. The van der Waals surface area contributed by atoms with Crippen LogP contribution in [-0.4, -0.2) is 92.5 Å². The largest absolute Gasteiger partial charge is 0.491 e. The Kier molecular flexibility index (Phi) is 19.0. The molecule has 0 heterocycles. The average Bonchev–Trinajstić information content (AvgIpc) is 2.82. The minimum Gasteiger partial charge on any atom is -0.491 e. The highest BCUT2D eigenvalue weighted by atomic mass is 16.6. The summed E-state index contributed by atoms with van der Waals surface area (Å²) in [6.45, 7) is 6.47. The van der Waals surface area contributed by atoms with Gasteiger partial charge in [0.2, 0.25) is 0 Å². The van der Waals surface area contributed by atoms with Crippen molar-refractivity contribution in [2.75, 3.05) is 92.5 Å². The molecule has 1 aromatic rings. The summed E-state index contributed by atoms with van der Waals surface area (Å²) in [6, 6.07) is 7.41. The Morgan fingerprint density at radius 1 is 0.438 bits per heavy atom. The van der Waals surface area contributed by atoms with Crippen LogP contribution in [0.1, 0.15) is 0 Å². The lowest BCUT2D eigenvalue weighted by atomic mass is 10.3. The molecule has 0 atom stereocenters. The molecule has 0 spiro atoms. The van der Waals surface area contributed by atoms with Crippen LogP contribution in [0.15, 0.2) is 24.3 Å². The molecule has 8 nitrogen and oxygen atoms in total. The van der Waals surface area contributed by atoms with Gasteiger partial charge >= 0.3 is 0 Å². The van der Waals surface area contributed by atoms with Crippen molar-refractivity contribution in [2.24, 2.45) is 0 Å². The smallest absolute Gasteiger partial charge is 0.119 e. The van der Waals surface area contributed by atoms with Crippen LogP contribution < -0.4 is 9.47 Å². The first kappa shape index (κ1) is 27.7. The van der Waals surface area contributed by atoms with E-state index in [0.717, 1.165) is 11.5 Å². The Morgan fingerprint density at radius 2 is 0.719 bits per heavy atom. The van der Waals surface area contributed by atoms with Gasteiger partial charge in [-0.3, -0.25) is 0 Å². The lowest BCUT2D eigenvalue weighted by molar-refractivity contribution is 0.0140. The number of terminal acetylenes is 2. The second-order valence-electron chi connectivity index (χ2n) is 6.13. The van der Waals surface area contributed by atoms with Crippen LogP contribution in [0.2, 0.25) is 0 Å². The average molecular weight is 451 g/mol. The molecule has 8 heteroatoms. The summed E-state index contributed by atoms with van der Waals surface area (Å²) in [6.07, 6.45) is 10.1. The van der Waals surface area contributed by atoms with Gasteiger partial charge in [-0.25, -0.2) is 0 Å². The van der Waals surface area contributed by atoms with Crippen LogP contribution in [0.25, 0.3) is 0 Å². The molecule has 32 heavy (non-hydrogen) atoms. The lowest BCUT2D eigenvalue weighted by Crippen LogP contribution is -2.13. The van der Waals surface area contributed by atoms with Crippen molar-refractivity contribution in [3.63, 3.8) is 0 Å². The highest BCUT2D eigenvalue weighted by molar-refractivity contribution is 5.31. The van der Waals surface area contributed by atoms with Crippen molar-refractivity contribution < 1.29 is 37.9 Å². The van der Waals surface area contributed by atoms with E-state index < -0.39 is 0 Å². The first-order chi connectivity index (χ1) is 15.9. The summed E-state index contributed by atoms with van der Waals surface area (Å²) < 4.78 is 43.0. The number of ether oxygens (including phenoxy) is 8. The molecule has 1 rings (SSSR count). The standard InChI is InChI=1S/C24H34O8/c1-3-9-25-11-13-27-15-17-29-19-21-31-23-5-7-24(8-6-23)32-22-20-30-18-16-28-14-12-26-10-4-2/h1-2,5-8H,9-22H2. The highest BCUT2D eigenvalue weighted by Gasteiger charge is 1.98.